The summed E-state index contributed by atoms with van der Waals surface area (Å²) in [6.45, 7) is 0. The Hall–Kier alpha value is -7.16. The van der Waals surface area contributed by atoms with E-state index < -0.39 is 5.41 Å². The zero-order chi connectivity index (χ0) is 36.3. The normalized spacial score (nSPS) is 12.9. The third kappa shape index (κ3) is 4.75. The molecule has 0 N–H and O–H groups in total. The van der Waals surface area contributed by atoms with Crippen LogP contribution in [0.15, 0.2) is 206 Å². The maximum absolute atomic E-state index is 5.23. The van der Waals surface area contributed by atoms with E-state index in [0.717, 1.165) is 44.5 Å². The van der Waals surface area contributed by atoms with Crippen LogP contribution in [0.1, 0.15) is 22.3 Å². The first-order chi connectivity index (χ1) is 27.3. The Morgan fingerprint density at radius 1 is 0.327 bits per heavy atom. The summed E-state index contributed by atoms with van der Waals surface area (Å²) in [4.78, 5) is 10.5. The molecule has 0 bridgehead atoms. The first-order valence-corrected chi connectivity index (χ1v) is 18.9. The van der Waals surface area contributed by atoms with E-state index in [1.54, 1.807) is 0 Å². The monoisotopic (exact) mass is 698 g/mol. The van der Waals surface area contributed by atoms with Crippen LogP contribution < -0.4 is 0 Å². The van der Waals surface area contributed by atoms with E-state index in [1.165, 1.54) is 55.1 Å². The van der Waals surface area contributed by atoms with Gasteiger partial charge in [-0.2, -0.15) is 0 Å². The van der Waals surface area contributed by atoms with Gasteiger partial charge in [-0.3, -0.25) is 0 Å². The fraction of sp³-hybridized carbons (Fsp3) is 0.0189. The molecule has 55 heavy (non-hydrogen) atoms. The molecule has 1 aromatic heterocycles. The van der Waals surface area contributed by atoms with E-state index in [4.69, 9.17) is 9.97 Å². The van der Waals surface area contributed by atoms with Crippen molar-refractivity contribution in [3.8, 4) is 44.9 Å². The van der Waals surface area contributed by atoms with Crippen molar-refractivity contribution in [3.63, 3.8) is 0 Å². The van der Waals surface area contributed by atoms with Crippen LogP contribution in [-0.4, -0.2) is 9.97 Å². The van der Waals surface area contributed by atoms with Gasteiger partial charge < -0.3 is 0 Å². The molecule has 1 heterocycles. The lowest BCUT2D eigenvalue weighted by Crippen LogP contribution is -2.28. The quantitative estimate of drug-likeness (QED) is 0.167. The van der Waals surface area contributed by atoms with Gasteiger partial charge in [0.2, 0.25) is 0 Å². The summed E-state index contributed by atoms with van der Waals surface area (Å²) < 4.78 is 0. The highest BCUT2D eigenvalue weighted by Crippen LogP contribution is 2.58. The fourth-order valence-corrected chi connectivity index (χ4v) is 9.17. The first kappa shape index (κ1) is 31.4. The Morgan fingerprint density at radius 3 is 1.69 bits per heavy atom. The van der Waals surface area contributed by atoms with Crippen molar-refractivity contribution in [2.24, 2.45) is 0 Å². The van der Waals surface area contributed by atoms with Crippen molar-refractivity contribution in [1.82, 2.24) is 9.97 Å². The molecule has 2 heteroatoms. The smallest absolute Gasteiger partial charge is 0.160 e. The van der Waals surface area contributed by atoms with Crippen molar-refractivity contribution >= 4 is 32.4 Å². The van der Waals surface area contributed by atoms with Crippen LogP contribution in [-0.2, 0) is 5.41 Å². The molecule has 1 aliphatic carbocycles. The predicted octanol–water partition coefficient (Wildman–Crippen LogP) is 13.3. The number of fused-ring (bicyclic) bond motifs is 8. The van der Waals surface area contributed by atoms with Crippen LogP contribution in [0, 0.1) is 0 Å². The van der Waals surface area contributed by atoms with Crippen LogP contribution in [0.5, 0.6) is 0 Å². The van der Waals surface area contributed by atoms with Gasteiger partial charge in [-0.25, -0.2) is 9.97 Å². The van der Waals surface area contributed by atoms with Gasteiger partial charge in [-0.15, -0.1) is 0 Å². The number of hydrogen-bond acceptors (Lipinski definition) is 2. The molecule has 1 aliphatic rings. The van der Waals surface area contributed by atoms with Gasteiger partial charge >= 0.3 is 0 Å². The van der Waals surface area contributed by atoms with Gasteiger partial charge in [0, 0.05) is 21.9 Å². The molecule has 2 nitrogen and oxygen atoms in total. The molecule has 11 rings (SSSR count). The summed E-state index contributed by atoms with van der Waals surface area (Å²) in [6.07, 6.45) is 0. The predicted molar refractivity (Wildman–Crippen MR) is 228 cm³/mol. The molecule has 0 aliphatic heterocycles. The summed E-state index contributed by atoms with van der Waals surface area (Å²) >= 11 is 0. The molecule has 0 spiro atoms. The van der Waals surface area contributed by atoms with Gasteiger partial charge in [0.25, 0.3) is 0 Å². The van der Waals surface area contributed by atoms with Crippen LogP contribution in [0.4, 0.5) is 0 Å². The molecular weight excluding hydrogens is 665 g/mol. The van der Waals surface area contributed by atoms with E-state index >= 15 is 0 Å². The van der Waals surface area contributed by atoms with Gasteiger partial charge in [-0.05, 0) is 66.7 Å². The number of nitrogens with zero attached hydrogens (tertiary/aromatic N) is 2. The maximum Gasteiger partial charge on any atom is 0.160 e. The minimum absolute atomic E-state index is 0.468. The second-order valence-corrected chi connectivity index (χ2v) is 14.4. The lowest BCUT2D eigenvalue weighted by Gasteiger charge is -2.34. The van der Waals surface area contributed by atoms with Crippen molar-refractivity contribution < 1.29 is 0 Å². The minimum Gasteiger partial charge on any atom is -0.227 e. The van der Waals surface area contributed by atoms with Gasteiger partial charge in [-0.1, -0.05) is 200 Å². The molecule has 0 atom stereocenters. The Bertz CT molecular complexity index is 3020. The lowest BCUT2D eigenvalue weighted by molar-refractivity contribution is 0.775. The second-order valence-electron chi connectivity index (χ2n) is 14.4. The zero-order valence-corrected chi connectivity index (χ0v) is 30.0. The molecule has 0 amide bonds. The summed E-state index contributed by atoms with van der Waals surface area (Å²) in [5.41, 5.74) is 13.7. The second kappa shape index (κ2) is 12.5. The molecule has 9 aromatic carbocycles. The number of aromatic nitrogens is 2. The lowest BCUT2D eigenvalue weighted by atomic mass is 9.66. The summed E-state index contributed by atoms with van der Waals surface area (Å²) in [7, 11) is 0. The van der Waals surface area contributed by atoms with Crippen molar-refractivity contribution in [1.29, 1.82) is 0 Å². The summed E-state index contributed by atoms with van der Waals surface area (Å²) in [6, 6.07) is 74.6. The summed E-state index contributed by atoms with van der Waals surface area (Å²) in [5.74, 6) is 0.721. The van der Waals surface area contributed by atoms with Crippen LogP contribution >= 0.6 is 0 Å². The molecular formula is C53H34N2. The highest BCUT2D eigenvalue weighted by molar-refractivity contribution is 6.10. The van der Waals surface area contributed by atoms with Gasteiger partial charge in [0.05, 0.1) is 16.6 Å². The zero-order valence-electron chi connectivity index (χ0n) is 30.0. The van der Waals surface area contributed by atoms with Crippen molar-refractivity contribution in [3.05, 3.63) is 229 Å². The number of rotatable bonds is 5. The molecule has 0 fully saturated rings. The van der Waals surface area contributed by atoms with Crippen LogP contribution in [0.3, 0.4) is 0 Å². The standard InChI is InChI=1S/C53H34N2/c1-4-16-37(17-5-1)50-47-32-31-35-15-10-11-22-42(35)51(47)55-52(54-50)38-29-27-36(28-30-38)41-24-14-25-45-43(41)33-34-46-44-23-12-13-26-48(44)53(49(45)46,39-18-6-2-7-19-39)40-20-8-3-9-21-40/h1-34H. The van der Waals surface area contributed by atoms with E-state index in [0.29, 0.717) is 0 Å². The fourth-order valence-electron chi connectivity index (χ4n) is 9.17. The van der Waals surface area contributed by atoms with E-state index in [-0.39, 0.29) is 0 Å². The van der Waals surface area contributed by atoms with E-state index in [1.807, 2.05) is 6.07 Å². The molecule has 0 saturated heterocycles. The highest BCUT2D eigenvalue weighted by Gasteiger charge is 2.47. The van der Waals surface area contributed by atoms with Gasteiger partial charge in [0.1, 0.15) is 0 Å². The third-order valence-electron chi connectivity index (χ3n) is 11.6. The third-order valence-corrected chi connectivity index (χ3v) is 11.6. The molecule has 256 valence electrons. The molecule has 0 unspecified atom stereocenters. The molecule has 10 aromatic rings. The average Bonchev–Trinajstić information content (AvgIpc) is 3.58. The maximum atomic E-state index is 5.23. The Balaban J connectivity index is 1.10. The first-order valence-electron chi connectivity index (χ1n) is 18.9. The van der Waals surface area contributed by atoms with Crippen molar-refractivity contribution in [2.75, 3.05) is 0 Å². The van der Waals surface area contributed by atoms with Crippen LogP contribution in [0.25, 0.3) is 77.3 Å². The topological polar surface area (TPSA) is 25.8 Å². The molecule has 0 saturated carbocycles. The largest absolute Gasteiger partial charge is 0.227 e. The number of benzene rings is 9. The van der Waals surface area contributed by atoms with E-state index in [9.17, 15) is 0 Å². The Morgan fingerprint density at radius 2 is 0.927 bits per heavy atom. The minimum atomic E-state index is -0.468. The summed E-state index contributed by atoms with van der Waals surface area (Å²) in [5, 5.41) is 5.85. The van der Waals surface area contributed by atoms with Gasteiger partial charge in [0.15, 0.2) is 5.82 Å². The Kier molecular flexibility index (Phi) is 7.11. The molecule has 0 radical (unpaired) electrons. The Labute approximate surface area is 320 Å². The van der Waals surface area contributed by atoms with Crippen LogP contribution in [0.2, 0.25) is 0 Å². The average molecular weight is 699 g/mol. The van der Waals surface area contributed by atoms with E-state index in [2.05, 4.69) is 200 Å². The number of hydrogen-bond donors (Lipinski definition) is 0. The highest BCUT2D eigenvalue weighted by atomic mass is 14.9. The van der Waals surface area contributed by atoms with Crippen molar-refractivity contribution in [2.45, 2.75) is 5.41 Å². The SMILES string of the molecule is c1ccc(-c2nc(-c3ccc(-c4cccc5c6c(ccc45)-c4ccccc4C6(c4ccccc4)c4ccccc4)cc3)nc3c2ccc2ccccc23)cc1.